The number of nitriles is 1. The summed E-state index contributed by atoms with van der Waals surface area (Å²) in [5, 5.41) is 20.1. The highest BCUT2D eigenvalue weighted by atomic mass is 35.5. The molecular weight excluding hydrogens is 260 g/mol. The predicted molar refractivity (Wildman–Crippen MR) is 73.4 cm³/mol. The minimum atomic E-state index is -0.834. The summed E-state index contributed by atoms with van der Waals surface area (Å²) >= 11 is 5.93. The molecule has 0 aliphatic heterocycles. The molecule has 4 heteroatoms. The Morgan fingerprint density at radius 1 is 1.26 bits per heavy atom. The molecule has 0 saturated heterocycles. The molecule has 1 heterocycles. The number of rotatable bonds is 0. The summed E-state index contributed by atoms with van der Waals surface area (Å²) in [6.45, 7) is 0. The molecule has 1 unspecified atom stereocenters. The van der Waals surface area contributed by atoms with Crippen LogP contribution in [0.3, 0.4) is 0 Å². The molecule has 0 spiro atoms. The van der Waals surface area contributed by atoms with E-state index in [2.05, 4.69) is 11.1 Å². The van der Waals surface area contributed by atoms with Crippen molar-refractivity contribution < 1.29 is 5.11 Å². The molecule has 1 aromatic heterocycles. The molecule has 1 aromatic carbocycles. The number of fused-ring (bicyclic) bond motifs is 2. The Morgan fingerprint density at radius 3 is 2.89 bits per heavy atom. The van der Waals surface area contributed by atoms with Gasteiger partial charge in [-0.3, -0.25) is 4.98 Å². The first-order valence-electron chi connectivity index (χ1n) is 5.75. The number of halogens is 1. The maximum absolute atomic E-state index is 10.5. The van der Waals surface area contributed by atoms with E-state index >= 15 is 0 Å². The fraction of sp³-hybridized carbons (Fsp3) is 0.0667. The van der Waals surface area contributed by atoms with Crippen molar-refractivity contribution >= 4 is 23.8 Å². The highest BCUT2D eigenvalue weighted by Crippen LogP contribution is 2.34. The number of aromatic nitrogens is 1. The van der Waals surface area contributed by atoms with Crippen LogP contribution in [0.4, 0.5) is 0 Å². The van der Waals surface area contributed by atoms with Crippen LogP contribution in [0, 0.1) is 11.3 Å². The Bertz CT molecular complexity index is 731. The summed E-state index contributed by atoms with van der Waals surface area (Å²) in [6.07, 6.45) is 4.31. The van der Waals surface area contributed by atoms with Crippen molar-refractivity contribution in [2.24, 2.45) is 0 Å². The second-order valence-electron chi connectivity index (χ2n) is 4.28. The Kier molecular flexibility index (Phi) is 2.83. The van der Waals surface area contributed by atoms with Crippen molar-refractivity contribution in [2.45, 2.75) is 6.10 Å². The first-order chi connectivity index (χ1) is 9.20. The van der Waals surface area contributed by atoms with Gasteiger partial charge in [0.05, 0.1) is 22.3 Å². The second-order valence-corrected chi connectivity index (χ2v) is 4.72. The third-order valence-corrected chi connectivity index (χ3v) is 3.38. The largest absolute Gasteiger partial charge is 0.384 e. The zero-order valence-corrected chi connectivity index (χ0v) is 10.6. The number of aliphatic hydroxyl groups is 1. The molecule has 0 bridgehead atoms. The number of hydrogen-bond donors (Lipinski definition) is 1. The van der Waals surface area contributed by atoms with Crippen LogP contribution >= 0.6 is 11.6 Å². The van der Waals surface area contributed by atoms with E-state index in [-0.39, 0.29) is 0 Å². The maximum Gasteiger partial charge on any atom is 0.107 e. The molecule has 1 aliphatic carbocycles. The van der Waals surface area contributed by atoms with Gasteiger partial charge in [-0.2, -0.15) is 5.26 Å². The lowest BCUT2D eigenvalue weighted by Gasteiger charge is -2.14. The van der Waals surface area contributed by atoms with Crippen molar-refractivity contribution in [3.8, 4) is 6.07 Å². The Hall–Kier alpha value is -2.15. The molecule has 0 radical (unpaired) electrons. The molecule has 3 rings (SSSR count). The van der Waals surface area contributed by atoms with E-state index in [1.165, 1.54) is 0 Å². The molecule has 92 valence electrons. The summed E-state index contributed by atoms with van der Waals surface area (Å²) in [5.74, 6) is 0. The third-order valence-electron chi connectivity index (χ3n) is 3.17. The molecule has 1 aliphatic rings. The average Bonchev–Trinajstić information content (AvgIpc) is 2.57. The van der Waals surface area contributed by atoms with Crippen LogP contribution in [0.15, 0.2) is 30.5 Å². The van der Waals surface area contributed by atoms with Crippen LogP contribution in [0.25, 0.3) is 12.2 Å². The first kappa shape index (κ1) is 11.9. The third kappa shape index (κ3) is 1.91. The molecule has 0 saturated carbocycles. The zero-order chi connectivity index (χ0) is 13.4. The standard InChI is InChI=1S/C15H9ClN2O/c16-10-6-13-14(18-8-10)5-4-11-9(7-17)2-1-3-12(11)15(13)19/h1-6,8,15,19H. The molecule has 2 aromatic rings. The smallest absolute Gasteiger partial charge is 0.107 e. The van der Waals surface area contributed by atoms with Crippen molar-refractivity contribution in [3.05, 3.63) is 63.4 Å². The first-order valence-corrected chi connectivity index (χ1v) is 6.13. The summed E-state index contributed by atoms with van der Waals surface area (Å²) in [4.78, 5) is 4.21. The minimum absolute atomic E-state index is 0.478. The van der Waals surface area contributed by atoms with Gasteiger partial charge < -0.3 is 5.11 Å². The Labute approximate surface area is 115 Å². The number of aliphatic hydroxyl groups excluding tert-OH is 1. The van der Waals surface area contributed by atoms with Gasteiger partial charge in [0.25, 0.3) is 0 Å². The molecular formula is C15H9ClN2O. The van der Waals surface area contributed by atoms with Crippen LogP contribution in [-0.4, -0.2) is 10.1 Å². The fourth-order valence-electron chi connectivity index (χ4n) is 2.26. The normalized spacial score (nSPS) is 16.2. The maximum atomic E-state index is 10.5. The van der Waals surface area contributed by atoms with Gasteiger partial charge in [0.2, 0.25) is 0 Å². The van der Waals surface area contributed by atoms with E-state index in [0.717, 1.165) is 5.56 Å². The monoisotopic (exact) mass is 268 g/mol. The van der Waals surface area contributed by atoms with Crippen LogP contribution in [0.5, 0.6) is 0 Å². The van der Waals surface area contributed by atoms with Crippen molar-refractivity contribution in [1.29, 1.82) is 5.26 Å². The van der Waals surface area contributed by atoms with Gasteiger partial charge >= 0.3 is 0 Å². The van der Waals surface area contributed by atoms with E-state index in [1.807, 2.05) is 6.08 Å². The molecule has 1 N–H and O–H groups in total. The minimum Gasteiger partial charge on any atom is -0.384 e. The van der Waals surface area contributed by atoms with E-state index in [1.54, 1.807) is 36.5 Å². The summed E-state index contributed by atoms with van der Waals surface area (Å²) < 4.78 is 0. The van der Waals surface area contributed by atoms with Gasteiger partial charge in [-0.15, -0.1) is 0 Å². The Balaban J connectivity index is 2.28. The van der Waals surface area contributed by atoms with Gasteiger partial charge in [-0.25, -0.2) is 0 Å². The predicted octanol–water partition coefficient (Wildman–Crippen LogP) is 3.17. The van der Waals surface area contributed by atoms with Crippen molar-refractivity contribution in [1.82, 2.24) is 4.98 Å². The van der Waals surface area contributed by atoms with E-state index in [0.29, 0.717) is 27.4 Å². The lowest BCUT2D eigenvalue weighted by Crippen LogP contribution is -2.04. The molecule has 0 fully saturated rings. The van der Waals surface area contributed by atoms with Crippen LogP contribution in [0.1, 0.15) is 34.1 Å². The molecule has 19 heavy (non-hydrogen) atoms. The van der Waals surface area contributed by atoms with Gasteiger partial charge in [0.1, 0.15) is 6.10 Å². The van der Waals surface area contributed by atoms with Crippen molar-refractivity contribution in [2.75, 3.05) is 0 Å². The number of hydrogen-bond acceptors (Lipinski definition) is 3. The zero-order valence-electron chi connectivity index (χ0n) is 9.84. The number of pyridine rings is 1. The summed E-state index contributed by atoms with van der Waals surface area (Å²) in [6, 6.07) is 9.13. The average molecular weight is 269 g/mol. The topological polar surface area (TPSA) is 56.9 Å². The van der Waals surface area contributed by atoms with E-state index in [9.17, 15) is 5.11 Å². The molecule has 3 nitrogen and oxygen atoms in total. The number of nitrogens with zero attached hydrogens (tertiary/aromatic N) is 2. The summed E-state index contributed by atoms with van der Waals surface area (Å²) in [5.41, 5.74) is 3.27. The highest BCUT2D eigenvalue weighted by Gasteiger charge is 2.21. The van der Waals surface area contributed by atoms with E-state index in [4.69, 9.17) is 16.9 Å². The number of benzene rings is 1. The van der Waals surface area contributed by atoms with E-state index < -0.39 is 6.10 Å². The van der Waals surface area contributed by atoms with Crippen molar-refractivity contribution in [3.63, 3.8) is 0 Å². The highest BCUT2D eigenvalue weighted by molar-refractivity contribution is 6.30. The van der Waals surface area contributed by atoms with Gasteiger partial charge in [-0.1, -0.05) is 29.8 Å². The van der Waals surface area contributed by atoms with Gasteiger partial charge in [0, 0.05) is 11.8 Å². The molecule has 0 amide bonds. The quantitative estimate of drug-likeness (QED) is 0.798. The van der Waals surface area contributed by atoms with Gasteiger partial charge in [0.15, 0.2) is 0 Å². The summed E-state index contributed by atoms with van der Waals surface area (Å²) in [7, 11) is 0. The fourth-order valence-corrected chi connectivity index (χ4v) is 2.42. The van der Waals surface area contributed by atoms with Crippen LogP contribution in [-0.2, 0) is 0 Å². The lowest BCUT2D eigenvalue weighted by molar-refractivity contribution is 0.219. The SMILES string of the molecule is N#Cc1cccc2c1C=Cc1ncc(Cl)cc1C2O. The van der Waals surface area contributed by atoms with Crippen LogP contribution in [0.2, 0.25) is 5.02 Å². The molecule has 1 atom stereocenters. The Morgan fingerprint density at radius 2 is 2.11 bits per heavy atom. The van der Waals surface area contributed by atoms with Crippen LogP contribution < -0.4 is 0 Å². The lowest BCUT2D eigenvalue weighted by atomic mass is 9.95. The second kappa shape index (κ2) is 4.51. The van der Waals surface area contributed by atoms with Gasteiger partial charge in [-0.05, 0) is 29.3 Å².